The van der Waals surface area contributed by atoms with Crippen molar-refractivity contribution in [3.8, 4) is 0 Å². The number of nitrogens with one attached hydrogen (secondary N) is 1. The number of carbonyl (C=O) groups excluding carboxylic acids is 1. The summed E-state index contributed by atoms with van der Waals surface area (Å²) in [6.07, 6.45) is 2.79. The smallest absolute Gasteiger partial charge is 0.231 e. The molecule has 3 rings (SSSR count). The first kappa shape index (κ1) is 14.8. The van der Waals surface area contributed by atoms with Crippen LogP contribution in [0.15, 0.2) is 60.7 Å². The van der Waals surface area contributed by atoms with Gasteiger partial charge in [-0.25, -0.2) is 0 Å². The van der Waals surface area contributed by atoms with Crippen LogP contribution in [0.25, 0.3) is 0 Å². The third-order valence-electron chi connectivity index (χ3n) is 4.20. The van der Waals surface area contributed by atoms with Gasteiger partial charge in [0.1, 0.15) is 0 Å². The van der Waals surface area contributed by atoms with Crippen molar-refractivity contribution < 1.29 is 4.79 Å². The third-order valence-corrected chi connectivity index (χ3v) is 4.20. The van der Waals surface area contributed by atoms with Crippen LogP contribution in [0, 0.1) is 5.92 Å². The summed E-state index contributed by atoms with van der Waals surface area (Å²) < 4.78 is 0. The zero-order valence-corrected chi connectivity index (χ0v) is 12.7. The van der Waals surface area contributed by atoms with Crippen molar-refractivity contribution in [2.24, 2.45) is 5.92 Å². The second-order valence-corrected chi connectivity index (χ2v) is 5.80. The van der Waals surface area contributed by atoms with E-state index in [1.165, 1.54) is 0 Å². The largest absolute Gasteiger partial charge is 0.317 e. The topological polar surface area (TPSA) is 32.3 Å². The number of hydrogen-bond donors (Lipinski definition) is 1. The summed E-state index contributed by atoms with van der Waals surface area (Å²) in [4.78, 5) is 14.8. The molecule has 1 aliphatic rings. The van der Waals surface area contributed by atoms with Crippen molar-refractivity contribution in [2.75, 3.05) is 18.0 Å². The average molecular weight is 294 g/mol. The van der Waals surface area contributed by atoms with Crippen molar-refractivity contribution in [1.29, 1.82) is 0 Å². The van der Waals surface area contributed by atoms with Gasteiger partial charge < -0.3 is 5.32 Å². The lowest BCUT2D eigenvalue weighted by Gasteiger charge is -2.27. The molecule has 22 heavy (non-hydrogen) atoms. The van der Waals surface area contributed by atoms with Crippen molar-refractivity contribution >= 4 is 17.3 Å². The van der Waals surface area contributed by atoms with Gasteiger partial charge in [-0.15, -0.1) is 0 Å². The molecule has 0 atom stereocenters. The molecule has 0 aliphatic carbocycles. The van der Waals surface area contributed by atoms with Gasteiger partial charge in [-0.3, -0.25) is 9.69 Å². The lowest BCUT2D eigenvalue weighted by Crippen LogP contribution is -2.33. The predicted octanol–water partition coefficient (Wildman–Crippen LogP) is 3.74. The average Bonchev–Trinajstić information content (AvgIpc) is 2.58. The van der Waals surface area contributed by atoms with Crippen LogP contribution in [0.3, 0.4) is 0 Å². The van der Waals surface area contributed by atoms with Gasteiger partial charge in [0.25, 0.3) is 0 Å². The Kier molecular flexibility index (Phi) is 4.86. The van der Waals surface area contributed by atoms with Crippen LogP contribution in [0.2, 0.25) is 0 Å². The minimum absolute atomic E-state index is 0.185. The zero-order chi connectivity index (χ0) is 15.2. The Labute approximate surface area is 132 Å². The summed E-state index contributed by atoms with van der Waals surface area (Å²) in [5.41, 5.74) is 1.88. The Morgan fingerprint density at radius 1 is 0.909 bits per heavy atom. The molecule has 3 heteroatoms. The van der Waals surface area contributed by atoms with E-state index in [4.69, 9.17) is 0 Å². The van der Waals surface area contributed by atoms with Crippen LogP contribution in [-0.2, 0) is 4.79 Å². The van der Waals surface area contributed by atoms with Crippen molar-refractivity contribution in [3.05, 3.63) is 60.7 Å². The van der Waals surface area contributed by atoms with Gasteiger partial charge in [-0.1, -0.05) is 36.4 Å². The highest BCUT2D eigenvalue weighted by atomic mass is 16.2. The molecule has 1 fully saturated rings. The lowest BCUT2D eigenvalue weighted by atomic mass is 9.94. The van der Waals surface area contributed by atoms with E-state index < -0.39 is 0 Å². The summed E-state index contributed by atoms with van der Waals surface area (Å²) >= 11 is 0. The number of anilines is 2. The van der Waals surface area contributed by atoms with E-state index >= 15 is 0 Å². The fourth-order valence-corrected chi connectivity index (χ4v) is 3.02. The number of carbonyl (C=O) groups is 1. The fraction of sp³-hybridized carbons (Fsp3) is 0.316. The Hall–Kier alpha value is -2.13. The summed E-state index contributed by atoms with van der Waals surface area (Å²) in [5.74, 6) is 0.674. The van der Waals surface area contributed by atoms with Crippen molar-refractivity contribution in [2.45, 2.75) is 19.3 Å². The molecule has 0 radical (unpaired) electrons. The van der Waals surface area contributed by atoms with E-state index in [-0.39, 0.29) is 5.91 Å². The normalized spacial score (nSPS) is 15.5. The van der Waals surface area contributed by atoms with E-state index in [1.807, 2.05) is 65.6 Å². The molecule has 0 unspecified atom stereocenters. The van der Waals surface area contributed by atoms with E-state index in [0.717, 1.165) is 37.3 Å². The van der Waals surface area contributed by atoms with Crippen LogP contribution in [0.1, 0.15) is 19.3 Å². The number of rotatable bonds is 4. The molecule has 0 spiro atoms. The molecule has 2 aromatic rings. The first-order valence-electron chi connectivity index (χ1n) is 7.98. The minimum atomic E-state index is 0.185. The summed E-state index contributed by atoms with van der Waals surface area (Å²) in [6.45, 7) is 2.04. The second-order valence-electron chi connectivity index (χ2n) is 5.80. The van der Waals surface area contributed by atoms with Crippen LogP contribution in [0.4, 0.5) is 11.4 Å². The Bertz CT molecular complexity index is 552. The van der Waals surface area contributed by atoms with Gasteiger partial charge in [-0.2, -0.15) is 0 Å². The van der Waals surface area contributed by atoms with Crippen molar-refractivity contribution in [1.82, 2.24) is 5.32 Å². The lowest BCUT2D eigenvalue weighted by molar-refractivity contribution is -0.119. The number of benzene rings is 2. The molecule has 0 aromatic heterocycles. The van der Waals surface area contributed by atoms with Crippen LogP contribution in [0.5, 0.6) is 0 Å². The molecule has 0 saturated carbocycles. The van der Waals surface area contributed by atoms with Gasteiger partial charge in [0.05, 0.1) is 0 Å². The molecular formula is C19H22N2O. The Balaban J connectivity index is 1.83. The second kappa shape index (κ2) is 7.23. The number of hydrogen-bond acceptors (Lipinski definition) is 2. The fourth-order valence-electron chi connectivity index (χ4n) is 3.02. The molecule has 3 nitrogen and oxygen atoms in total. The van der Waals surface area contributed by atoms with Crippen LogP contribution < -0.4 is 10.2 Å². The molecule has 0 bridgehead atoms. The maximum atomic E-state index is 12.9. The SMILES string of the molecule is O=C(CC1CCNCC1)N(c1ccccc1)c1ccccc1. The van der Waals surface area contributed by atoms with E-state index in [2.05, 4.69) is 5.32 Å². The highest BCUT2D eigenvalue weighted by Crippen LogP contribution is 2.28. The maximum absolute atomic E-state index is 12.9. The molecule has 1 aliphatic heterocycles. The minimum Gasteiger partial charge on any atom is -0.317 e. The predicted molar refractivity (Wildman–Crippen MR) is 90.2 cm³/mol. The molecule has 114 valence electrons. The highest BCUT2D eigenvalue weighted by molar-refractivity contribution is 6.00. The van der Waals surface area contributed by atoms with Crippen LogP contribution >= 0.6 is 0 Å². The third kappa shape index (κ3) is 3.55. The summed E-state index contributed by atoms with van der Waals surface area (Å²) in [7, 11) is 0. The zero-order valence-electron chi connectivity index (χ0n) is 12.7. The van der Waals surface area contributed by atoms with Gasteiger partial charge in [0.15, 0.2) is 0 Å². The Morgan fingerprint density at radius 3 is 1.91 bits per heavy atom. The number of amides is 1. The molecule has 1 heterocycles. The highest BCUT2D eigenvalue weighted by Gasteiger charge is 2.23. The number of para-hydroxylation sites is 2. The van der Waals surface area contributed by atoms with E-state index in [1.54, 1.807) is 0 Å². The van der Waals surface area contributed by atoms with Gasteiger partial charge in [-0.05, 0) is 56.1 Å². The first-order valence-corrected chi connectivity index (χ1v) is 7.98. The van der Waals surface area contributed by atoms with Gasteiger partial charge in [0, 0.05) is 17.8 Å². The molecule has 2 aromatic carbocycles. The monoisotopic (exact) mass is 294 g/mol. The number of nitrogens with zero attached hydrogens (tertiary/aromatic N) is 1. The standard InChI is InChI=1S/C19H22N2O/c22-19(15-16-11-13-20-14-12-16)21(17-7-3-1-4-8-17)18-9-5-2-6-10-18/h1-10,16,20H,11-15H2. The maximum Gasteiger partial charge on any atom is 0.231 e. The molecule has 1 amide bonds. The molecular weight excluding hydrogens is 272 g/mol. The van der Waals surface area contributed by atoms with Crippen LogP contribution in [-0.4, -0.2) is 19.0 Å². The van der Waals surface area contributed by atoms with E-state index in [9.17, 15) is 4.79 Å². The van der Waals surface area contributed by atoms with Crippen molar-refractivity contribution in [3.63, 3.8) is 0 Å². The number of piperidine rings is 1. The summed E-state index contributed by atoms with van der Waals surface area (Å²) in [6, 6.07) is 19.8. The van der Waals surface area contributed by atoms with Gasteiger partial charge >= 0.3 is 0 Å². The molecule has 1 N–H and O–H groups in total. The quantitative estimate of drug-likeness (QED) is 0.931. The first-order chi connectivity index (χ1) is 10.8. The summed E-state index contributed by atoms with van der Waals surface area (Å²) in [5, 5.41) is 3.36. The molecule has 1 saturated heterocycles. The van der Waals surface area contributed by atoms with Gasteiger partial charge in [0.2, 0.25) is 5.91 Å². The Morgan fingerprint density at radius 2 is 1.41 bits per heavy atom. The van der Waals surface area contributed by atoms with E-state index in [0.29, 0.717) is 12.3 Å².